The van der Waals surface area contributed by atoms with Crippen molar-refractivity contribution in [3.05, 3.63) is 33.9 Å². The van der Waals surface area contributed by atoms with Crippen molar-refractivity contribution in [1.82, 2.24) is 5.32 Å². The van der Waals surface area contributed by atoms with E-state index in [4.69, 9.17) is 10.5 Å². The second-order valence-corrected chi connectivity index (χ2v) is 3.48. The van der Waals surface area contributed by atoms with Crippen LogP contribution in [-0.2, 0) is 4.74 Å². The molecular formula is C11H15N3O4. The van der Waals surface area contributed by atoms with Crippen molar-refractivity contribution in [2.45, 2.75) is 6.92 Å². The molecule has 1 aromatic rings. The maximum atomic E-state index is 11.7. The summed E-state index contributed by atoms with van der Waals surface area (Å²) in [6.45, 7) is 3.18. The molecule has 0 aromatic heterocycles. The number of rotatable bonds is 6. The molecule has 98 valence electrons. The van der Waals surface area contributed by atoms with E-state index in [1.165, 1.54) is 12.1 Å². The van der Waals surface area contributed by atoms with Gasteiger partial charge in [-0.05, 0) is 19.1 Å². The molecule has 7 nitrogen and oxygen atoms in total. The number of benzene rings is 1. The predicted molar refractivity (Wildman–Crippen MR) is 66.3 cm³/mol. The summed E-state index contributed by atoms with van der Waals surface area (Å²) in [7, 11) is 0. The molecule has 18 heavy (non-hydrogen) atoms. The van der Waals surface area contributed by atoms with Gasteiger partial charge < -0.3 is 15.8 Å². The van der Waals surface area contributed by atoms with Gasteiger partial charge in [0.1, 0.15) is 5.69 Å². The quantitative estimate of drug-likeness (QED) is 0.339. The summed E-state index contributed by atoms with van der Waals surface area (Å²) < 4.78 is 5.06. The minimum Gasteiger partial charge on any atom is -0.393 e. The summed E-state index contributed by atoms with van der Waals surface area (Å²) in [6.07, 6.45) is 0. The van der Waals surface area contributed by atoms with Crippen molar-refractivity contribution in [3.63, 3.8) is 0 Å². The molecule has 0 aliphatic carbocycles. The number of nitro benzene ring substituents is 1. The van der Waals surface area contributed by atoms with Gasteiger partial charge in [0.25, 0.3) is 11.6 Å². The van der Waals surface area contributed by atoms with Crippen LogP contribution < -0.4 is 11.1 Å². The minimum atomic E-state index is -0.619. The smallest absolute Gasteiger partial charge is 0.292 e. The molecule has 3 N–H and O–H groups in total. The number of ether oxygens (including phenoxy) is 1. The fraction of sp³-hybridized carbons (Fsp3) is 0.364. The predicted octanol–water partition coefficient (Wildman–Crippen LogP) is 0.943. The summed E-state index contributed by atoms with van der Waals surface area (Å²) in [4.78, 5) is 21.7. The molecule has 0 heterocycles. The average Bonchev–Trinajstić information content (AvgIpc) is 2.34. The number of carbonyl (C=O) groups is 1. The topological polar surface area (TPSA) is 107 Å². The van der Waals surface area contributed by atoms with Crippen LogP contribution in [0.25, 0.3) is 0 Å². The molecule has 0 saturated carbocycles. The third-order valence-electron chi connectivity index (χ3n) is 2.23. The fourth-order valence-corrected chi connectivity index (χ4v) is 1.33. The van der Waals surface area contributed by atoms with Crippen LogP contribution in [-0.4, -0.2) is 30.6 Å². The first-order valence-electron chi connectivity index (χ1n) is 5.46. The van der Waals surface area contributed by atoms with Crippen LogP contribution in [0.2, 0.25) is 0 Å². The van der Waals surface area contributed by atoms with Gasteiger partial charge in [0.2, 0.25) is 0 Å². The number of nitrogens with one attached hydrogen (secondary N) is 1. The van der Waals surface area contributed by atoms with Gasteiger partial charge in [0, 0.05) is 24.8 Å². The molecule has 0 radical (unpaired) electrons. The lowest BCUT2D eigenvalue weighted by Gasteiger charge is -2.05. The maximum Gasteiger partial charge on any atom is 0.292 e. The summed E-state index contributed by atoms with van der Waals surface area (Å²) >= 11 is 0. The third-order valence-corrected chi connectivity index (χ3v) is 2.23. The van der Waals surface area contributed by atoms with Crippen LogP contribution in [0, 0.1) is 10.1 Å². The molecule has 0 aliphatic rings. The molecule has 0 atom stereocenters. The molecular weight excluding hydrogens is 238 g/mol. The van der Waals surface area contributed by atoms with Gasteiger partial charge in [-0.1, -0.05) is 0 Å². The lowest BCUT2D eigenvalue weighted by atomic mass is 10.1. The van der Waals surface area contributed by atoms with Crippen LogP contribution >= 0.6 is 0 Å². The van der Waals surface area contributed by atoms with Crippen LogP contribution in [0.4, 0.5) is 11.4 Å². The summed E-state index contributed by atoms with van der Waals surface area (Å²) in [6, 6.07) is 3.94. The van der Waals surface area contributed by atoms with E-state index in [0.29, 0.717) is 19.8 Å². The molecule has 0 saturated heterocycles. The first-order valence-corrected chi connectivity index (χ1v) is 5.46. The Morgan fingerprint density at radius 1 is 1.56 bits per heavy atom. The molecule has 1 aromatic carbocycles. The number of nitro groups is 1. The number of hydrogen-bond acceptors (Lipinski definition) is 5. The number of anilines is 1. The zero-order chi connectivity index (χ0) is 13.5. The SMILES string of the molecule is CCOCCNC(=O)c1ccc(N)c([N+](=O)[O-])c1. The second kappa shape index (κ2) is 6.55. The normalized spacial score (nSPS) is 10.1. The average molecular weight is 253 g/mol. The van der Waals surface area contributed by atoms with Crippen molar-refractivity contribution >= 4 is 17.3 Å². The molecule has 1 rings (SSSR count). The van der Waals surface area contributed by atoms with E-state index in [2.05, 4.69) is 5.32 Å². The highest BCUT2D eigenvalue weighted by Crippen LogP contribution is 2.22. The van der Waals surface area contributed by atoms with E-state index >= 15 is 0 Å². The van der Waals surface area contributed by atoms with Gasteiger partial charge >= 0.3 is 0 Å². The first kappa shape index (κ1) is 13.9. The van der Waals surface area contributed by atoms with Crippen molar-refractivity contribution in [2.24, 2.45) is 0 Å². The Morgan fingerprint density at radius 3 is 2.89 bits per heavy atom. The number of nitrogens with zero attached hydrogens (tertiary/aromatic N) is 1. The van der Waals surface area contributed by atoms with Crippen molar-refractivity contribution in [3.8, 4) is 0 Å². The van der Waals surface area contributed by atoms with Crippen molar-refractivity contribution < 1.29 is 14.5 Å². The molecule has 0 bridgehead atoms. The van der Waals surface area contributed by atoms with E-state index in [1.807, 2.05) is 6.92 Å². The summed E-state index contributed by atoms with van der Waals surface area (Å²) in [5, 5.41) is 13.3. The summed E-state index contributed by atoms with van der Waals surface area (Å²) in [5.41, 5.74) is 5.40. The fourth-order valence-electron chi connectivity index (χ4n) is 1.33. The van der Waals surface area contributed by atoms with Gasteiger partial charge in [0.05, 0.1) is 11.5 Å². The Hall–Kier alpha value is -2.15. The molecule has 0 unspecified atom stereocenters. The highest BCUT2D eigenvalue weighted by molar-refractivity contribution is 5.95. The first-order chi connectivity index (χ1) is 8.56. The van der Waals surface area contributed by atoms with Gasteiger partial charge in [0.15, 0.2) is 0 Å². The second-order valence-electron chi connectivity index (χ2n) is 3.48. The third kappa shape index (κ3) is 3.70. The molecule has 0 aliphatic heterocycles. The highest BCUT2D eigenvalue weighted by atomic mass is 16.6. The Morgan fingerprint density at radius 2 is 2.28 bits per heavy atom. The summed E-state index contributed by atoms with van der Waals surface area (Å²) in [5.74, 6) is -0.391. The largest absolute Gasteiger partial charge is 0.393 e. The molecule has 0 fully saturated rings. The highest BCUT2D eigenvalue weighted by Gasteiger charge is 2.15. The van der Waals surface area contributed by atoms with Gasteiger partial charge in [-0.3, -0.25) is 14.9 Å². The zero-order valence-corrected chi connectivity index (χ0v) is 10.0. The maximum absolute atomic E-state index is 11.7. The van der Waals surface area contributed by atoms with Crippen LogP contribution in [0.1, 0.15) is 17.3 Å². The number of nitrogen functional groups attached to an aromatic ring is 1. The van der Waals surface area contributed by atoms with Crippen LogP contribution in [0.3, 0.4) is 0 Å². The lowest BCUT2D eigenvalue weighted by molar-refractivity contribution is -0.383. The number of hydrogen-bond donors (Lipinski definition) is 2. The van der Waals surface area contributed by atoms with Gasteiger partial charge in [-0.2, -0.15) is 0 Å². The number of amides is 1. The van der Waals surface area contributed by atoms with E-state index in [-0.39, 0.29) is 16.9 Å². The Balaban J connectivity index is 2.68. The van der Waals surface area contributed by atoms with Crippen LogP contribution in [0.15, 0.2) is 18.2 Å². The number of carbonyl (C=O) groups excluding carboxylic acids is 1. The van der Waals surface area contributed by atoms with Gasteiger partial charge in [-0.25, -0.2) is 0 Å². The number of nitrogens with two attached hydrogens (primary N) is 1. The Labute approximate surface area is 104 Å². The van der Waals surface area contributed by atoms with Crippen LogP contribution in [0.5, 0.6) is 0 Å². The Kier molecular flexibility index (Phi) is 5.06. The molecule has 7 heteroatoms. The molecule has 0 spiro atoms. The van der Waals surface area contributed by atoms with E-state index < -0.39 is 10.8 Å². The monoisotopic (exact) mass is 253 g/mol. The van der Waals surface area contributed by atoms with E-state index in [0.717, 1.165) is 6.07 Å². The molecule has 1 amide bonds. The van der Waals surface area contributed by atoms with E-state index in [1.54, 1.807) is 0 Å². The van der Waals surface area contributed by atoms with E-state index in [9.17, 15) is 14.9 Å². The standard InChI is InChI=1S/C11H15N3O4/c1-2-18-6-5-13-11(15)8-3-4-9(12)10(7-8)14(16)17/h3-4,7H,2,5-6,12H2,1H3,(H,13,15). The van der Waals surface area contributed by atoms with Gasteiger partial charge in [-0.15, -0.1) is 0 Å². The van der Waals surface area contributed by atoms with Crippen molar-refractivity contribution in [1.29, 1.82) is 0 Å². The lowest BCUT2D eigenvalue weighted by Crippen LogP contribution is -2.27. The Bertz CT molecular complexity index is 448. The minimum absolute atomic E-state index is 0.0332. The van der Waals surface area contributed by atoms with Crippen molar-refractivity contribution in [2.75, 3.05) is 25.5 Å². The zero-order valence-electron chi connectivity index (χ0n) is 10.0.